The Kier molecular flexibility index (Phi) is 5.55. The van der Waals surface area contributed by atoms with Crippen LogP contribution in [-0.2, 0) is 11.3 Å². The third-order valence-electron chi connectivity index (χ3n) is 3.06. The normalized spacial score (nSPS) is 12.1. The quantitative estimate of drug-likeness (QED) is 0.868. The van der Waals surface area contributed by atoms with Crippen LogP contribution < -0.4 is 5.32 Å². The van der Waals surface area contributed by atoms with Gasteiger partial charge in [-0.3, -0.25) is 0 Å². The fourth-order valence-corrected chi connectivity index (χ4v) is 1.91. The largest absolute Gasteiger partial charge is 0.480 e. The molecule has 0 aliphatic rings. The van der Waals surface area contributed by atoms with Crippen LogP contribution in [0.25, 0.3) is 0 Å². The Labute approximate surface area is 119 Å². The lowest BCUT2D eigenvalue weighted by Gasteiger charge is -2.23. The average molecular weight is 278 g/mol. The zero-order chi connectivity index (χ0) is 15.3. The van der Waals surface area contributed by atoms with Crippen LogP contribution in [0, 0.1) is 12.8 Å². The molecule has 5 heteroatoms. The van der Waals surface area contributed by atoms with E-state index in [0.29, 0.717) is 6.54 Å². The molecule has 1 atom stereocenters. The summed E-state index contributed by atoms with van der Waals surface area (Å²) in [5.41, 5.74) is 2.14. The molecule has 0 aromatic heterocycles. The summed E-state index contributed by atoms with van der Waals surface area (Å²) in [7, 11) is 1.65. The summed E-state index contributed by atoms with van der Waals surface area (Å²) in [5.74, 6) is -1.18. The highest BCUT2D eigenvalue weighted by molar-refractivity contribution is 5.82. The number of carboxylic acid groups (broad SMARTS) is 1. The highest BCUT2D eigenvalue weighted by Crippen LogP contribution is 2.08. The first-order valence-corrected chi connectivity index (χ1v) is 6.61. The Morgan fingerprint density at radius 1 is 1.35 bits per heavy atom. The SMILES string of the molecule is Cc1cccc(CN(C)C(=O)N[C@@H](C(=O)O)C(C)C)c1. The summed E-state index contributed by atoms with van der Waals surface area (Å²) in [5, 5.41) is 11.6. The molecule has 0 aliphatic heterocycles. The maximum atomic E-state index is 12.0. The summed E-state index contributed by atoms with van der Waals surface area (Å²) in [6.45, 7) is 5.96. The molecule has 2 N–H and O–H groups in total. The molecular formula is C15H22N2O3. The van der Waals surface area contributed by atoms with E-state index in [1.807, 2.05) is 31.2 Å². The molecule has 2 amide bonds. The van der Waals surface area contributed by atoms with Crippen molar-refractivity contribution in [3.05, 3.63) is 35.4 Å². The first-order valence-electron chi connectivity index (χ1n) is 6.61. The van der Waals surface area contributed by atoms with Crippen LogP contribution in [0.4, 0.5) is 4.79 Å². The number of carboxylic acids is 1. The zero-order valence-corrected chi connectivity index (χ0v) is 12.4. The number of hydrogen-bond acceptors (Lipinski definition) is 2. The summed E-state index contributed by atoms with van der Waals surface area (Å²) >= 11 is 0. The molecule has 5 nitrogen and oxygen atoms in total. The average Bonchev–Trinajstić information content (AvgIpc) is 2.34. The van der Waals surface area contributed by atoms with Crippen molar-refractivity contribution >= 4 is 12.0 Å². The fraction of sp³-hybridized carbons (Fsp3) is 0.467. The van der Waals surface area contributed by atoms with Crippen molar-refractivity contribution in [1.82, 2.24) is 10.2 Å². The third-order valence-corrected chi connectivity index (χ3v) is 3.06. The van der Waals surface area contributed by atoms with Crippen LogP contribution in [0.5, 0.6) is 0 Å². The van der Waals surface area contributed by atoms with Gasteiger partial charge in [0.1, 0.15) is 6.04 Å². The van der Waals surface area contributed by atoms with Gasteiger partial charge >= 0.3 is 12.0 Å². The van der Waals surface area contributed by atoms with Crippen LogP contribution in [0.1, 0.15) is 25.0 Å². The van der Waals surface area contributed by atoms with Crippen molar-refractivity contribution in [2.75, 3.05) is 7.05 Å². The Morgan fingerprint density at radius 2 is 2.00 bits per heavy atom. The first kappa shape index (κ1) is 16.0. The highest BCUT2D eigenvalue weighted by Gasteiger charge is 2.24. The molecule has 0 saturated heterocycles. The molecule has 0 heterocycles. The van der Waals surface area contributed by atoms with E-state index >= 15 is 0 Å². The standard InChI is InChI=1S/C15H22N2O3/c1-10(2)13(14(18)19)16-15(20)17(4)9-12-7-5-6-11(3)8-12/h5-8,10,13H,9H2,1-4H3,(H,16,20)(H,18,19)/t13-/m1/s1. The zero-order valence-electron chi connectivity index (χ0n) is 12.4. The van der Waals surface area contributed by atoms with Gasteiger partial charge in [0.2, 0.25) is 0 Å². The topological polar surface area (TPSA) is 69.6 Å². The minimum Gasteiger partial charge on any atom is -0.480 e. The molecule has 0 unspecified atom stereocenters. The highest BCUT2D eigenvalue weighted by atomic mass is 16.4. The molecule has 0 spiro atoms. The van der Waals surface area contributed by atoms with Crippen LogP contribution in [0.15, 0.2) is 24.3 Å². The number of carbonyl (C=O) groups excluding carboxylic acids is 1. The van der Waals surface area contributed by atoms with Crippen LogP contribution in [0.3, 0.4) is 0 Å². The Bertz CT molecular complexity index is 486. The molecule has 1 rings (SSSR count). The van der Waals surface area contributed by atoms with Gasteiger partial charge in [0.15, 0.2) is 0 Å². The van der Waals surface area contributed by atoms with Gasteiger partial charge in [-0.05, 0) is 18.4 Å². The Balaban J connectivity index is 2.65. The predicted octanol–water partition coefficient (Wildman–Crippen LogP) is 2.25. The summed E-state index contributed by atoms with van der Waals surface area (Å²) in [6.07, 6.45) is 0. The minimum absolute atomic E-state index is 0.163. The second-order valence-corrected chi connectivity index (χ2v) is 5.35. The number of carbonyl (C=O) groups is 2. The van der Waals surface area contributed by atoms with E-state index in [0.717, 1.165) is 11.1 Å². The van der Waals surface area contributed by atoms with Gasteiger partial charge in [-0.1, -0.05) is 43.7 Å². The Hall–Kier alpha value is -2.04. The number of urea groups is 1. The van der Waals surface area contributed by atoms with Crippen molar-refractivity contribution in [2.45, 2.75) is 33.4 Å². The first-order chi connectivity index (χ1) is 9.31. The van der Waals surface area contributed by atoms with E-state index < -0.39 is 12.0 Å². The van der Waals surface area contributed by atoms with Gasteiger partial charge < -0.3 is 15.3 Å². The van der Waals surface area contributed by atoms with Crippen molar-refractivity contribution in [2.24, 2.45) is 5.92 Å². The van der Waals surface area contributed by atoms with Crippen molar-refractivity contribution in [1.29, 1.82) is 0 Å². The van der Waals surface area contributed by atoms with Gasteiger partial charge in [0.05, 0.1) is 0 Å². The van der Waals surface area contributed by atoms with E-state index in [9.17, 15) is 9.59 Å². The van der Waals surface area contributed by atoms with Crippen molar-refractivity contribution in [3.8, 4) is 0 Å². The minimum atomic E-state index is -1.02. The second-order valence-electron chi connectivity index (χ2n) is 5.35. The number of amides is 2. The molecule has 0 bridgehead atoms. The van der Waals surface area contributed by atoms with E-state index in [1.165, 1.54) is 4.90 Å². The number of nitrogens with zero attached hydrogens (tertiary/aromatic N) is 1. The van der Waals surface area contributed by atoms with Crippen LogP contribution in [-0.4, -0.2) is 35.1 Å². The third kappa shape index (κ3) is 4.57. The monoisotopic (exact) mass is 278 g/mol. The number of aliphatic carboxylic acids is 1. The summed E-state index contributed by atoms with van der Waals surface area (Å²) in [6, 6.07) is 6.61. The van der Waals surface area contributed by atoms with Crippen LogP contribution in [0.2, 0.25) is 0 Å². The lowest BCUT2D eigenvalue weighted by molar-refractivity contribution is -0.140. The van der Waals surface area contributed by atoms with Gasteiger partial charge in [0, 0.05) is 13.6 Å². The predicted molar refractivity (Wildman–Crippen MR) is 77.4 cm³/mol. The lowest BCUT2D eigenvalue weighted by Crippen LogP contribution is -2.48. The number of hydrogen-bond donors (Lipinski definition) is 2. The molecule has 0 aliphatic carbocycles. The van der Waals surface area contributed by atoms with Crippen LogP contribution >= 0.6 is 0 Å². The smallest absolute Gasteiger partial charge is 0.326 e. The van der Waals surface area contributed by atoms with E-state index in [1.54, 1.807) is 20.9 Å². The number of nitrogens with one attached hydrogen (secondary N) is 1. The van der Waals surface area contributed by atoms with E-state index in [4.69, 9.17) is 5.11 Å². The van der Waals surface area contributed by atoms with E-state index in [2.05, 4.69) is 5.32 Å². The molecule has 0 saturated carbocycles. The van der Waals surface area contributed by atoms with Crippen molar-refractivity contribution in [3.63, 3.8) is 0 Å². The molecule has 20 heavy (non-hydrogen) atoms. The maximum Gasteiger partial charge on any atom is 0.326 e. The van der Waals surface area contributed by atoms with Gasteiger partial charge in [-0.25, -0.2) is 9.59 Å². The fourth-order valence-electron chi connectivity index (χ4n) is 1.91. The molecule has 0 radical (unpaired) electrons. The summed E-state index contributed by atoms with van der Waals surface area (Å²) < 4.78 is 0. The molecular weight excluding hydrogens is 256 g/mol. The molecule has 1 aromatic carbocycles. The molecule has 110 valence electrons. The second kappa shape index (κ2) is 6.93. The molecule has 0 fully saturated rings. The number of benzene rings is 1. The van der Waals surface area contributed by atoms with Gasteiger partial charge in [-0.2, -0.15) is 0 Å². The Morgan fingerprint density at radius 3 is 2.50 bits per heavy atom. The van der Waals surface area contributed by atoms with Crippen molar-refractivity contribution < 1.29 is 14.7 Å². The molecule has 1 aromatic rings. The van der Waals surface area contributed by atoms with Gasteiger partial charge in [0.25, 0.3) is 0 Å². The van der Waals surface area contributed by atoms with E-state index in [-0.39, 0.29) is 11.9 Å². The lowest BCUT2D eigenvalue weighted by atomic mass is 10.1. The van der Waals surface area contributed by atoms with Gasteiger partial charge in [-0.15, -0.1) is 0 Å². The number of rotatable bonds is 5. The summed E-state index contributed by atoms with van der Waals surface area (Å²) in [4.78, 5) is 24.6. The number of aryl methyl sites for hydroxylation is 1. The maximum absolute atomic E-state index is 12.0.